The number of fused-ring (bicyclic) bond motifs is 1. The Morgan fingerprint density at radius 1 is 1.06 bits per heavy atom. The lowest BCUT2D eigenvalue weighted by Crippen LogP contribution is -2.35. The van der Waals surface area contributed by atoms with Crippen molar-refractivity contribution in [3.8, 4) is 0 Å². The molecule has 0 spiro atoms. The van der Waals surface area contributed by atoms with Gasteiger partial charge in [0.1, 0.15) is 0 Å². The molecule has 3 heterocycles. The number of nitrogens with zero attached hydrogens (tertiary/aromatic N) is 6. The van der Waals surface area contributed by atoms with E-state index in [-0.39, 0.29) is 0 Å². The van der Waals surface area contributed by atoms with E-state index in [9.17, 15) is 13.2 Å². The lowest BCUT2D eigenvalue weighted by Gasteiger charge is -2.25. The number of unbranched alkanes of at least 4 members (excludes halogenated alkanes) is 3. The van der Waals surface area contributed by atoms with Crippen molar-refractivity contribution in [3.63, 3.8) is 0 Å². The highest BCUT2D eigenvalue weighted by Gasteiger charge is 2.30. The van der Waals surface area contributed by atoms with Gasteiger partial charge in [0.05, 0.1) is 30.0 Å². The van der Waals surface area contributed by atoms with Crippen LogP contribution in [0.4, 0.5) is 18.9 Å². The summed E-state index contributed by atoms with van der Waals surface area (Å²) in [5.41, 5.74) is 1.58. The number of benzene rings is 1. The van der Waals surface area contributed by atoms with Gasteiger partial charge >= 0.3 is 6.18 Å². The van der Waals surface area contributed by atoms with E-state index in [2.05, 4.69) is 25.1 Å². The van der Waals surface area contributed by atoms with Gasteiger partial charge in [0.15, 0.2) is 0 Å². The average molecular weight is 477 g/mol. The zero-order chi connectivity index (χ0) is 24.0. The fraction of sp³-hybridized carbons (Fsp3) is 0.542. The lowest BCUT2D eigenvalue weighted by molar-refractivity contribution is -0.137. The molecule has 7 nitrogen and oxygen atoms in total. The molecule has 4 rings (SSSR count). The van der Waals surface area contributed by atoms with Crippen LogP contribution in [0.25, 0.3) is 10.9 Å². The first kappa shape index (κ1) is 24.4. The highest BCUT2D eigenvalue weighted by Crippen LogP contribution is 2.33. The number of pyridine rings is 1. The van der Waals surface area contributed by atoms with E-state index in [1.807, 2.05) is 24.0 Å². The topological polar surface area (TPSA) is 59.3 Å². The molecule has 1 aliphatic heterocycles. The van der Waals surface area contributed by atoms with Crippen molar-refractivity contribution >= 4 is 16.6 Å². The van der Waals surface area contributed by atoms with Crippen molar-refractivity contribution in [3.05, 3.63) is 47.9 Å². The highest BCUT2D eigenvalue weighted by atomic mass is 19.4. The number of halogens is 3. The third-order valence-corrected chi connectivity index (χ3v) is 6.16. The SMILES string of the molecule is CN(CCCCCCn1cc(CN2CCOCC2)nn1)c1ccnc2cc(C(F)(F)F)ccc12. The van der Waals surface area contributed by atoms with Crippen LogP contribution in [0.3, 0.4) is 0 Å². The summed E-state index contributed by atoms with van der Waals surface area (Å²) < 4.78 is 46.3. The number of aryl methyl sites for hydroxylation is 1. The van der Waals surface area contributed by atoms with Gasteiger partial charge in [-0.1, -0.05) is 24.1 Å². The highest BCUT2D eigenvalue weighted by molar-refractivity contribution is 5.91. The van der Waals surface area contributed by atoms with Gasteiger partial charge in [-0.3, -0.25) is 14.6 Å². The van der Waals surface area contributed by atoms with Gasteiger partial charge in [-0.15, -0.1) is 5.10 Å². The summed E-state index contributed by atoms with van der Waals surface area (Å²) in [6, 6.07) is 5.61. The zero-order valence-corrected chi connectivity index (χ0v) is 19.5. The first-order valence-corrected chi connectivity index (χ1v) is 11.8. The monoisotopic (exact) mass is 476 g/mol. The van der Waals surface area contributed by atoms with Crippen molar-refractivity contribution in [1.29, 1.82) is 0 Å². The normalized spacial score (nSPS) is 15.2. The molecular formula is C24H31F3N6O. The first-order valence-electron chi connectivity index (χ1n) is 11.8. The van der Waals surface area contributed by atoms with Crippen LogP contribution in [0.5, 0.6) is 0 Å². The number of alkyl halides is 3. The minimum atomic E-state index is -4.37. The zero-order valence-electron chi connectivity index (χ0n) is 19.5. The molecule has 0 atom stereocenters. The summed E-state index contributed by atoms with van der Waals surface area (Å²) in [4.78, 5) is 8.55. The van der Waals surface area contributed by atoms with Gasteiger partial charge in [0, 0.05) is 63.2 Å². The second-order valence-electron chi connectivity index (χ2n) is 8.76. The van der Waals surface area contributed by atoms with Crippen molar-refractivity contribution in [1.82, 2.24) is 24.9 Å². The van der Waals surface area contributed by atoms with E-state index in [0.29, 0.717) is 5.52 Å². The first-order chi connectivity index (χ1) is 16.4. The molecule has 34 heavy (non-hydrogen) atoms. The van der Waals surface area contributed by atoms with E-state index in [1.165, 1.54) is 6.07 Å². The summed E-state index contributed by atoms with van der Waals surface area (Å²) in [7, 11) is 1.97. The number of ether oxygens (including phenoxy) is 1. The Morgan fingerprint density at radius 3 is 2.65 bits per heavy atom. The minimum absolute atomic E-state index is 0.361. The van der Waals surface area contributed by atoms with Crippen molar-refractivity contribution < 1.29 is 17.9 Å². The number of aromatic nitrogens is 4. The van der Waals surface area contributed by atoms with Gasteiger partial charge in [0.2, 0.25) is 0 Å². The van der Waals surface area contributed by atoms with Gasteiger partial charge in [0.25, 0.3) is 0 Å². The maximum absolute atomic E-state index is 13.0. The second kappa shape index (κ2) is 11.1. The van der Waals surface area contributed by atoms with Crippen LogP contribution in [-0.2, 0) is 24.0 Å². The largest absolute Gasteiger partial charge is 0.416 e. The number of anilines is 1. The molecule has 0 aliphatic carbocycles. The van der Waals surface area contributed by atoms with Gasteiger partial charge in [-0.25, -0.2) is 0 Å². The Bertz CT molecular complexity index is 1060. The van der Waals surface area contributed by atoms with Crippen molar-refractivity contribution in [2.75, 3.05) is 44.8 Å². The van der Waals surface area contributed by atoms with Gasteiger partial charge in [-0.05, 0) is 31.0 Å². The van der Waals surface area contributed by atoms with Crippen LogP contribution >= 0.6 is 0 Å². The summed E-state index contributed by atoms with van der Waals surface area (Å²) in [5, 5.41) is 9.26. The molecular weight excluding hydrogens is 445 g/mol. The molecule has 1 saturated heterocycles. The van der Waals surface area contributed by atoms with Crippen LogP contribution in [0.2, 0.25) is 0 Å². The van der Waals surface area contributed by atoms with E-state index in [1.54, 1.807) is 6.20 Å². The predicted molar refractivity (Wildman–Crippen MR) is 125 cm³/mol. The van der Waals surface area contributed by atoms with Gasteiger partial charge < -0.3 is 9.64 Å². The summed E-state index contributed by atoms with van der Waals surface area (Å²) >= 11 is 0. The molecule has 0 radical (unpaired) electrons. The molecule has 0 amide bonds. The standard InChI is InChI=1S/C24H31F3N6O/c1-31(23-8-9-28-22-16-19(24(25,26)27)6-7-21(22)23)10-4-2-3-5-11-33-18-20(29-30-33)17-32-12-14-34-15-13-32/h6-9,16,18H,2-5,10-15,17H2,1H3. The molecule has 1 aliphatic rings. The van der Waals surface area contributed by atoms with E-state index >= 15 is 0 Å². The van der Waals surface area contributed by atoms with Crippen LogP contribution in [0, 0.1) is 0 Å². The maximum atomic E-state index is 13.0. The Labute approximate surface area is 197 Å². The van der Waals surface area contributed by atoms with Crippen molar-refractivity contribution in [2.24, 2.45) is 0 Å². The number of hydrogen-bond acceptors (Lipinski definition) is 6. The van der Waals surface area contributed by atoms with E-state index in [0.717, 1.165) is 101 Å². The summed E-state index contributed by atoms with van der Waals surface area (Å²) in [6.45, 7) is 5.92. The molecule has 0 saturated carbocycles. The fourth-order valence-corrected chi connectivity index (χ4v) is 4.25. The molecule has 0 unspecified atom stereocenters. The minimum Gasteiger partial charge on any atom is -0.379 e. The van der Waals surface area contributed by atoms with Gasteiger partial charge in [-0.2, -0.15) is 13.2 Å². The van der Waals surface area contributed by atoms with Crippen molar-refractivity contribution in [2.45, 2.75) is 44.9 Å². The molecule has 0 N–H and O–H groups in total. The Kier molecular flexibility index (Phi) is 7.99. The molecule has 184 valence electrons. The third-order valence-electron chi connectivity index (χ3n) is 6.16. The van der Waals surface area contributed by atoms with Crippen LogP contribution in [0.1, 0.15) is 36.9 Å². The Hall–Kier alpha value is -2.72. The number of rotatable bonds is 10. The van der Waals surface area contributed by atoms with Crippen LogP contribution < -0.4 is 4.90 Å². The van der Waals surface area contributed by atoms with E-state index in [4.69, 9.17) is 4.74 Å². The molecule has 1 aromatic carbocycles. The van der Waals surface area contributed by atoms with E-state index < -0.39 is 11.7 Å². The maximum Gasteiger partial charge on any atom is 0.416 e. The summed E-state index contributed by atoms with van der Waals surface area (Å²) in [5.74, 6) is 0. The number of hydrogen-bond donors (Lipinski definition) is 0. The lowest BCUT2D eigenvalue weighted by atomic mass is 10.1. The Balaban J connectivity index is 1.19. The molecule has 10 heteroatoms. The quantitative estimate of drug-likeness (QED) is 0.405. The van der Waals surface area contributed by atoms with Crippen LogP contribution in [0.15, 0.2) is 36.7 Å². The molecule has 3 aromatic rings. The fourth-order valence-electron chi connectivity index (χ4n) is 4.25. The molecule has 1 fully saturated rings. The number of morpholine rings is 1. The molecule has 2 aromatic heterocycles. The Morgan fingerprint density at radius 2 is 1.85 bits per heavy atom. The summed E-state index contributed by atoms with van der Waals surface area (Å²) in [6.07, 6.45) is 3.42. The van der Waals surface area contributed by atoms with Crippen LogP contribution in [-0.4, -0.2) is 64.8 Å². The smallest absolute Gasteiger partial charge is 0.379 e. The third kappa shape index (κ3) is 6.44. The second-order valence-corrected chi connectivity index (χ2v) is 8.76. The predicted octanol–water partition coefficient (Wildman–Crippen LogP) is 4.37. The molecule has 0 bridgehead atoms. The average Bonchev–Trinajstić information content (AvgIpc) is 3.27.